The minimum Gasteiger partial charge on any atom is -0.375 e. The number of anilines is 1. The second-order valence-electron chi connectivity index (χ2n) is 2.98. The van der Waals surface area contributed by atoms with E-state index in [-0.39, 0.29) is 0 Å². The number of hydrogen-bond donors (Lipinski definition) is 2. The Morgan fingerprint density at radius 3 is 3.00 bits per heavy atom. The number of hydrogen-bond acceptors (Lipinski definition) is 4. The lowest BCUT2D eigenvalue weighted by Gasteiger charge is -1.93. The van der Waals surface area contributed by atoms with E-state index in [0.29, 0.717) is 5.13 Å². The highest BCUT2D eigenvalue weighted by molar-refractivity contribution is 7.22. The monoisotopic (exact) mass is 219 g/mol. The fourth-order valence-electron chi connectivity index (χ4n) is 1.29. The number of para-hydroxylation sites is 1. The number of amides is 1. The summed E-state index contributed by atoms with van der Waals surface area (Å²) in [5.41, 5.74) is 12.3. The molecule has 0 aliphatic heterocycles. The molecule has 2 rings (SSSR count). The number of aromatic nitrogens is 1. The molecule has 1 amide bonds. The fourth-order valence-corrected chi connectivity index (χ4v) is 2.06. The number of nitrogen functional groups attached to an aromatic ring is 1. The van der Waals surface area contributed by atoms with Gasteiger partial charge in [-0.2, -0.15) is 0 Å². The summed E-state index contributed by atoms with van der Waals surface area (Å²) in [4.78, 5) is 14.8. The molecular formula is C10H9N3OS. The normalized spacial score (nSPS) is 11.2. The lowest BCUT2D eigenvalue weighted by atomic mass is 10.2. The average Bonchev–Trinajstić information content (AvgIpc) is 2.55. The van der Waals surface area contributed by atoms with Crippen molar-refractivity contribution < 1.29 is 4.79 Å². The number of primary amides is 1. The second-order valence-corrected chi connectivity index (χ2v) is 4.04. The van der Waals surface area contributed by atoms with Crippen molar-refractivity contribution in [1.29, 1.82) is 0 Å². The van der Waals surface area contributed by atoms with Gasteiger partial charge in [-0.3, -0.25) is 4.79 Å². The van der Waals surface area contributed by atoms with Crippen LogP contribution in [-0.4, -0.2) is 10.9 Å². The zero-order valence-corrected chi connectivity index (χ0v) is 8.62. The summed E-state index contributed by atoms with van der Waals surface area (Å²) in [6, 6.07) is 5.69. The fraction of sp³-hybridized carbons (Fsp3) is 0. The number of benzene rings is 1. The number of fused-ring (bicyclic) bond motifs is 1. The Labute approximate surface area is 90.2 Å². The summed E-state index contributed by atoms with van der Waals surface area (Å²) in [5.74, 6) is -0.477. The van der Waals surface area contributed by atoms with Crippen LogP contribution < -0.4 is 11.5 Å². The van der Waals surface area contributed by atoms with E-state index >= 15 is 0 Å². The predicted octanol–water partition coefficient (Wildman–Crippen LogP) is 1.38. The Bertz CT molecular complexity index is 545. The second kappa shape index (κ2) is 3.70. The summed E-state index contributed by atoms with van der Waals surface area (Å²) in [6.07, 6.45) is 2.95. The van der Waals surface area contributed by atoms with E-state index < -0.39 is 5.91 Å². The van der Waals surface area contributed by atoms with Crippen LogP contribution >= 0.6 is 11.3 Å². The molecule has 1 heterocycles. The molecule has 0 fully saturated rings. The molecule has 2 aromatic rings. The molecule has 1 aromatic heterocycles. The number of nitrogens with zero attached hydrogens (tertiary/aromatic N) is 1. The van der Waals surface area contributed by atoms with E-state index in [9.17, 15) is 4.79 Å². The first-order chi connectivity index (χ1) is 7.16. The Kier molecular flexibility index (Phi) is 2.39. The quantitative estimate of drug-likeness (QED) is 0.748. The summed E-state index contributed by atoms with van der Waals surface area (Å²) >= 11 is 1.42. The van der Waals surface area contributed by atoms with E-state index in [1.165, 1.54) is 17.4 Å². The maximum atomic E-state index is 10.6. The van der Waals surface area contributed by atoms with Gasteiger partial charge in [0.1, 0.15) is 0 Å². The van der Waals surface area contributed by atoms with Crippen molar-refractivity contribution in [2.75, 3.05) is 5.73 Å². The maximum absolute atomic E-state index is 10.6. The van der Waals surface area contributed by atoms with E-state index in [2.05, 4.69) is 4.98 Å². The molecule has 5 heteroatoms. The smallest absolute Gasteiger partial charge is 0.241 e. The summed E-state index contributed by atoms with van der Waals surface area (Å²) in [6.45, 7) is 0. The van der Waals surface area contributed by atoms with E-state index in [4.69, 9.17) is 11.5 Å². The molecule has 0 radical (unpaired) electrons. The zero-order chi connectivity index (χ0) is 10.8. The number of carbonyl (C=O) groups is 1. The van der Waals surface area contributed by atoms with Crippen LogP contribution in [0.1, 0.15) is 5.56 Å². The molecule has 1 aromatic carbocycles. The lowest BCUT2D eigenvalue weighted by Crippen LogP contribution is -2.05. The van der Waals surface area contributed by atoms with Crippen LogP contribution in [0.15, 0.2) is 24.3 Å². The SMILES string of the molecule is NC(=O)C=Cc1cccc2sc(N)nc12. The summed E-state index contributed by atoms with van der Waals surface area (Å²) in [7, 11) is 0. The Balaban J connectivity index is 2.55. The third-order valence-corrected chi connectivity index (χ3v) is 2.74. The third-order valence-electron chi connectivity index (χ3n) is 1.89. The van der Waals surface area contributed by atoms with Crippen molar-refractivity contribution in [3.05, 3.63) is 29.8 Å². The van der Waals surface area contributed by atoms with Gasteiger partial charge in [-0.25, -0.2) is 4.98 Å². The van der Waals surface area contributed by atoms with Crippen LogP contribution in [0.4, 0.5) is 5.13 Å². The molecule has 76 valence electrons. The van der Waals surface area contributed by atoms with Gasteiger partial charge in [0.25, 0.3) is 0 Å². The van der Waals surface area contributed by atoms with Crippen molar-refractivity contribution in [2.45, 2.75) is 0 Å². The zero-order valence-electron chi connectivity index (χ0n) is 7.81. The summed E-state index contributed by atoms with van der Waals surface area (Å²) < 4.78 is 0.999. The minimum absolute atomic E-state index is 0.477. The van der Waals surface area contributed by atoms with Crippen molar-refractivity contribution in [3.8, 4) is 0 Å². The van der Waals surface area contributed by atoms with Crippen molar-refractivity contribution in [1.82, 2.24) is 4.98 Å². The molecule has 0 unspecified atom stereocenters. The Morgan fingerprint density at radius 2 is 2.27 bits per heavy atom. The van der Waals surface area contributed by atoms with Crippen molar-refractivity contribution in [3.63, 3.8) is 0 Å². The van der Waals surface area contributed by atoms with E-state index in [1.807, 2.05) is 18.2 Å². The van der Waals surface area contributed by atoms with Gasteiger partial charge in [0.15, 0.2) is 5.13 Å². The molecule has 4 nitrogen and oxygen atoms in total. The number of nitrogens with two attached hydrogens (primary N) is 2. The number of rotatable bonds is 2. The highest BCUT2D eigenvalue weighted by atomic mass is 32.1. The molecule has 15 heavy (non-hydrogen) atoms. The first kappa shape index (κ1) is 9.67. The van der Waals surface area contributed by atoms with Crippen LogP contribution in [0.5, 0.6) is 0 Å². The third kappa shape index (κ3) is 1.97. The van der Waals surface area contributed by atoms with Gasteiger partial charge in [-0.05, 0) is 12.1 Å². The molecule has 0 saturated carbocycles. The average molecular weight is 219 g/mol. The highest BCUT2D eigenvalue weighted by Crippen LogP contribution is 2.26. The molecule has 0 spiro atoms. The van der Waals surface area contributed by atoms with Crippen LogP contribution in [0.3, 0.4) is 0 Å². The maximum Gasteiger partial charge on any atom is 0.241 e. The molecule has 4 N–H and O–H groups in total. The topological polar surface area (TPSA) is 82.0 Å². The van der Waals surface area contributed by atoms with Crippen molar-refractivity contribution >= 4 is 38.7 Å². The number of thiazole rings is 1. The first-order valence-corrected chi connectivity index (χ1v) is 5.11. The molecule has 0 saturated heterocycles. The van der Waals surface area contributed by atoms with Crippen LogP contribution in [0.2, 0.25) is 0 Å². The first-order valence-electron chi connectivity index (χ1n) is 4.29. The van der Waals surface area contributed by atoms with Gasteiger partial charge in [-0.15, -0.1) is 0 Å². The predicted molar refractivity (Wildman–Crippen MR) is 62.3 cm³/mol. The van der Waals surface area contributed by atoms with Crippen molar-refractivity contribution in [2.24, 2.45) is 5.73 Å². The Morgan fingerprint density at radius 1 is 1.47 bits per heavy atom. The van der Waals surface area contributed by atoms with E-state index in [1.54, 1.807) is 6.08 Å². The molecule has 0 aliphatic carbocycles. The molecule has 0 atom stereocenters. The van der Waals surface area contributed by atoms with Crippen LogP contribution in [0.25, 0.3) is 16.3 Å². The van der Waals surface area contributed by atoms with Gasteiger partial charge in [-0.1, -0.05) is 23.5 Å². The Hall–Kier alpha value is -1.88. The van der Waals surface area contributed by atoms with Gasteiger partial charge >= 0.3 is 0 Å². The summed E-state index contributed by atoms with van der Waals surface area (Å²) in [5, 5.41) is 0.518. The van der Waals surface area contributed by atoms with Crippen LogP contribution in [-0.2, 0) is 4.79 Å². The molecule has 0 aliphatic rings. The molecule has 0 bridgehead atoms. The standard InChI is InChI=1S/C10H9N3OS/c11-8(14)5-4-6-2-1-3-7-9(6)13-10(12)15-7/h1-5H,(H2,11,14)(H2,12,13). The van der Waals surface area contributed by atoms with Gasteiger partial charge < -0.3 is 11.5 Å². The lowest BCUT2D eigenvalue weighted by molar-refractivity contribution is -0.113. The largest absolute Gasteiger partial charge is 0.375 e. The highest BCUT2D eigenvalue weighted by Gasteiger charge is 2.03. The van der Waals surface area contributed by atoms with E-state index in [0.717, 1.165) is 15.8 Å². The van der Waals surface area contributed by atoms with Crippen LogP contribution in [0, 0.1) is 0 Å². The van der Waals surface area contributed by atoms with Gasteiger partial charge in [0.05, 0.1) is 10.2 Å². The molecular weight excluding hydrogens is 210 g/mol. The van der Waals surface area contributed by atoms with Gasteiger partial charge in [0, 0.05) is 11.6 Å². The number of carbonyl (C=O) groups excluding carboxylic acids is 1. The minimum atomic E-state index is -0.477. The van der Waals surface area contributed by atoms with Gasteiger partial charge in [0.2, 0.25) is 5.91 Å².